The van der Waals surface area contributed by atoms with E-state index in [4.69, 9.17) is 9.47 Å². The molecule has 0 aliphatic heterocycles. The van der Waals surface area contributed by atoms with Crippen LogP contribution in [-0.4, -0.2) is 19.3 Å². The second kappa shape index (κ2) is 11.1. The fourth-order valence-corrected chi connectivity index (χ4v) is 5.45. The monoisotopic (exact) mass is 468 g/mol. The zero-order chi connectivity index (χ0) is 24.1. The lowest BCUT2D eigenvalue weighted by molar-refractivity contribution is -0.00956. The molecule has 34 heavy (non-hydrogen) atoms. The lowest BCUT2D eigenvalue weighted by atomic mass is 9.65. The van der Waals surface area contributed by atoms with Crippen molar-refractivity contribution in [2.24, 2.45) is 11.8 Å². The molecule has 0 spiro atoms. The highest BCUT2D eigenvalue weighted by Crippen LogP contribution is 2.46. The van der Waals surface area contributed by atoms with Crippen LogP contribution < -0.4 is 4.74 Å². The molecule has 4 atom stereocenters. The Hall–Kier alpha value is -2.71. The van der Waals surface area contributed by atoms with Crippen molar-refractivity contribution in [1.29, 1.82) is 0 Å². The van der Waals surface area contributed by atoms with Gasteiger partial charge in [0.15, 0.2) is 11.6 Å². The van der Waals surface area contributed by atoms with Crippen molar-refractivity contribution in [2.45, 2.75) is 57.5 Å². The van der Waals surface area contributed by atoms with Crippen LogP contribution in [-0.2, 0) is 4.74 Å². The largest absolute Gasteiger partial charge is 0.486 e. The Morgan fingerprint density at radius 1 is 0.941 bits per heavy atom. The molecule has 0 aromatic heterocycles. The fourth-order valence-electron chi connectivity index (χ4n) is 5.45. The summed E-state index contributed by atoms with van der Waals surface area (Å²) in [5.41, 5.74) is 1.02. The summed E-state index contributed by atoms with van der Waals surface area (Å²) in [7, 11) is 0. The van der Waals surface area contributed by atoms with Crippen molar-refractivity contribution in [3.63, 3.8) is 0 Å². The zero-order valence-electron chi connectivity index (χ0n) is 19.6. The minimum absolute atomic E-state index is 0.0646. The summed E-state index contributed by atoms with van der Waals surface area (Å²) in [4.78, 5) is 0. The summed E-state index contributed by atoms with van der Waals surface area (Å²) in [6, 6.07) is 7.76. The predicted octanol–water partition coefficient (Wildman–Crippen LogP) is 7.16. The van der Waals surface area contributed by atoms with E-state index < -0.39 is 17.5 Å². The molecule has 0 bridgehead atoms. The van der Waals surface area contributed by atoms with Crippen molar-refractivity contribution in [3.8, 4) is 17.6 Å². The number of hydrogen-bond donors (Lipinski definition) is 0. The predicted molar refractivity (Wildman–Crippen MR) is 127 cm³/mol. The van der Waals surface area contributed by atoms with Gasteiger partial charge in [-0.05, 0) is 93.0 Å². The molecule has 0 amide bonds. The molecule has 2 fully saturated rings. The molecule has 2 aromatic carbocycles. The number of fused-ring (bicyclic) bond motifs is 1. The second-order valence-corrected chi connectivity index (χ2v) is 9.25. The van der Waals surface area contributed by atoms with Crippen molar-refractivity contribution in [3.05, 3.63) is 77.1 Å². The Morgan fingerprint density at radius 2 is 1.68 bits per heavy atom. The number of halogens is 3. The molecule has 2 aliphatic rings. The van der Waals surface area contributed by atoms with Crippen molar-refractivity contribution < 1.29 is 22.6 Å². The lowest BCUT2D eigenvalue weighted by Crippen LogP contribution is -2.33. The van der Waals surface area contributed by atoms with Gasteiger partial charge >= 0.3 is 0 Å². The van der Waals surface area contributed by atoms with E-state index in [0.717, 1.165) is 44.3 Å². The first-order valence-electron chi connectivity index (χ1n) is 12.1. The van der Waals surface area contributed by atoms with Crippen LogP contribution in [0.5, 0.6) is 5.75 Å². The number of ether oxygens (including phenoxy) is 2. The summed E-state index contributed by atoms with van der Waals surface area (Å²) < 4.78 is 54.2. The molecule has 0 saturated heterocycles. The summed E-state index contributed by atoms with van der Waals surface area (Å²) >= 11 is 0. The van der Waals surface area contributed by atoms with E-state index >= 15 is 0 Å². The van der Waals surface area contributed by atoms with Crippen molar-refractivity contribution in [1.82, 2.24) is 0 Å². The van der Waals surface area contributed by atoms with E-state index in [9.17, 15) is 13.2 Å². The standard InChI is InChI=1S/C29H31F3O2/c1-3-15-34-27-14-12-20(28(31)29(27)32)7-5-19-6-8-24(18-26(19)30)21-9-10-23-17-25(33-4-2)13-11-22(23)16-21/h3,6,8,12,14,18,21-23,25H,1,4,9-11,13,15-17H2,2H3. The number of hydrogen-bond acceptors (Lipinski definition) is 2. The van der Waals surface area contributed by atoms with Crippen LogP contribution in [0.2, 0.25) is 0 Å². The summed E-state index contributed by atoms with van der Waals surface area (Å²) in [6.07, 6.45) is 8.56. The van der Waals surface area contributed by atoms with Gasteiger partial charge in [-0.15, -0.1) is 0 Å². The average Bonchev–Trinajstić information content (AvgIpc) is 2.85. The molecule has 0 heterocycles. The maximum Gasteiger partial charge on any atom is 0.201 e. The number of rotatable bonds is 6. The third kappa shape index (κ3) is 5.50. The van der Waals surface area contributed by atoms with Crippen LogP contribution in [0.25, 0.3) is 0 Å². The molecular weight excluding hydrogens is 437 g/mol. The molecule has 2 saturated carbocycles. The van der Waals surface area contributed by atoms with Gasteiger partial charge in [0, 0.05) is 6.61 Å². The molecule has 180 valence electrons. The minimum atomic E-state index is -1.12. The zero-order valence-corrected chi connectivity index (χ0v) is 19.6. The van der Waals surface area contributed by atoms with Gasteiger partial charge in [-0.2, -0.15) is 4.39 Å². The van der Waals surface area contributed by atoms with E-state index in [2.05, 4.69) is 25.3 Å². The van der Waals surface area contributed by atoms with E-state index in [-0.39, 0.29) is 23.5 Å². The highest BCUT2D eigenvalue weighted by atomic mass is 19.2. The summed E-state index contributed by atoms with van der Waals surface area (Å²) in [5.74, 6) is 4.06. The first kappa shape index (κ1) is 24.4. The first-order valence-corrected chi connectivity index (χ1v) is 12.1. The van der Waals surface area contributed by atoms with Gasteiger partial charge in [-0.1, -0.05) is 30.6 Å². The quantitative estimate of drug-likeness (QED) is 0.331. The Kier molecular flexibility index (Phi) is 8.00. The Bertz CT molecular complexity index is 1080. The van der Waals surface area contributed by atoms with E-state index in [0.29, 0.717) is 23.9 Å². The Morgan fingerprint density at radius 3 is 2.44 bits per heavy atom. The van der Waals surface area contributed by atoms with Crippen molar-refractivity contribution in [2.75, 3.05) is 13.2 Å². The van der Waals surface area contributed by atoms with Gasteiger partial charge in [0.2, 0.25) is 5.82 Å². The van der Waals surface area contributed by atoms with Crippen molar-refractivity contribution >= 4 is 0 Å². The van der Waals surface area contributed by atoms with Crippen LogP contribution in [0.1, 0.15) is 68.1 Å². The topological polar surface area (TPSA) is 18.5 Å². The highest BCUT2D eigenvalue weighted by Gasteiger charge is 2.36. The smallest absolute Gasteiger partial charge is 0.201 e. The van der Waals surface area contributed by atoms with Gasteiger partial charge in [0.1, 0.15) is 12.4 Å². The molecule has 0 N–H and O–H groups in total. The van der Waals surface area contributed by atoms with Crippen LogP contribution >= 0.6 is 0 Å². The van der Waals surface area contributed by atoms with Crippen LogP contribution in [0, 0.1) is 41.1 Å². The SMILES string of the molecule is C=CCOc1ccc(C#Cc2ccc(C3CCC4CC(OCC)CCC4C3)cc2F)c(F)c1F. The van der Waals surface area contributed by atoms with Crippen LogP contribution in [0.15, 0.2) is 43.0 Å². The van der Waals surface area contributed by atoms with Gasteiger partial charge in [0.25, 0.3) is 0 Å². The summed E-state index contributed by atoms with van der Waals surface area (Å²) in [5, 5.41) is 0. The average molecular weight is 469 g/mol. The third-order valence-corrected chi connectivity index (χ3v) is 7.17. The molecule has 4 rings (SSSR count). The van der Waals surface area contributed by atoms with Crippen LogP contribution in [0.3, 0.4) is 0 Å². The van der Waals surface area contributed by atoms with Gasteiger partial charge in [0.05, 0.1) is 17.2 Å². The fraction of sp³-hybridized carbons (Fsp3) is 0.448. The molecule has 4 unspecified atom stereocenters. The van der Waals surface area contributed by atoms with E-state index in [1.165, 1.54) is 24.6 Å². The maximum absolute atomic E-state index is 14.8. The molecule has 2 nitrogen and oxygen atoms in total. The Labute approximate surface area is 200 Å². The molecule has 2 aromatic rings. The molecule has 2 aliphatic carbocycles. The van der Waals surface area contributed by atoms with Gasteiger partial charge in [-0.25, -0.2) is 8.78 Å². The molecule has 5 heteroatoms. The van der Waals surface area contributed by atoms with Crippen LogP contribution in [0.4, 0.5) is 13.2 Å². The first-order chi connectivity index (χ1) is 16.5. The molecular formula is C29H31F3O2. The lowest BCUT2D eigenvalue weighted by Gasteiger charge is -2.42. The van der Waals surface area contributed by atoms with Gasteiger partial charge < -0.3 is 9.47 Å². The third-order valence-electron chi connectivity index (χ3n) is 7.17. The Balaban J connectivity index is 1.44. The number of benzene rings is 2. The minimum Gasteiger partial charge on any atom is -0.486 e. The van der Waals surface area contributed by atoms with E-state index in [1.54, 1.807) is 12.1 Å². The second-order valence-electron chi connectivity index (χ2n) is 9.25. The normalized spacial score (nSPS) is 24.0. The van der Waals surface area contributed by atoms with E-state index in [1.807, 2.05) is 6.07 Å². The molecule has 0 radical (unpaired) electrons. The van der Waals surface area contributed by atoms with Gasteiger partial charge in [-0.3, -0.25) is 0 Å². The summed E-state index contributed by atoms with van der Waals surface area (Å²) in [6.45, 7) is 6.37. The highest BCUT2D eigenvalue weighted by molar-refractivity contribution is 5.47. The maximum atomic E-state index is 14.8.